The summed E-state index contributed by atoms with van der Waals surface area (Å²) in [6.07, 6.45) is 0.0338. The number of imide groups is 1. The number of rotatable bonds is 6. The number of nitrogens with one attached hydrogen (secondary N) is 1. The first-order valence-corrected chi connectivity index (χ1v) is 8.72. The first-order valence-electron chi connectivity index (χ1n) is 8.72. The van der Waals surface area contributed by atoms with Gasteiger partial charge < -0.3 is 15.7 Å². The number of hydrogen-bond donors (Lipinski definition) is 3. The largest absolute Gasteiger partial charge is 0.390 e. The number of aliphatic hydroxyl groups excluding tert-OH is 1. The summed E-state index contributed by atoms with van der Waals surface area (Å²) in [6, 6.07) is 5.03. The fraction of sp³-hybridized carbons (Fsp3) is 0.500. The lowest BCUT2D eigenvalue weighted by atomic mass is 10.0. The molecule has 1 aromatic carbocycles. The fourth-order valence-corrected chi connectivity index (χ4v) is 3.54. The molecule has 2 aliphatic heterocycles. The molecule has 0 aliphatic carbocycles. The van der Waals surface area contributed by atoms with E-state index in [1.807, 2.05) is 24.1 Å². The highest BCUT2D eigenvalue weighted by atomic mass is 16.3. The lowest BCUT2D eigenvalue weighted by molar-refractivity contribution is -0.136. The summed E-state index contributed by atoms with van der Waals surface area (Å²) < 4.78 is 0. The van der Waals surface area contributed by atoms with E-state index in [1.165, 1.54) is 4.90 Å². The van der Waals surface area contributed by atoms with Gasteiger partial charge in [0.2, 0.25) is 11.8 Å². The molecule has 0 radical (unpaired) electrons. The fourth-order valence-electron chi connectivity index (χ4n) is 3.54. The Hall–Kier alpha value is -2.29. The van der Waals surface area contributed by atoms with Crippen LogP contribution < -0.4 is 11.1 Å². The van der Waals surface area contributed by atoms with E-state index < -0.39 is 18.1 Å². The van der Waals surface area contributed by atoms with Gasteiger partial charge in [-0.25, -0.2) is 0 Å². The van der Waals surface area contributed by atoms with Crippen molar-refractivity contribution in [2.75, 3.05) is 20.1 Å². The summed E-state index contributed by atoms with van der Waals surface area (Å²) in [5.74, 6) is -0.869. The van der Waals surface area contributed by atoms with Crippen LogP contribution in [0.1, 0.15) is 34.3 Å². The maximum Gasteiger partial charge on any atom is 0.255 e. The van der Waals surface area contributed by atoms with E-state index in [2.05, 4.69) is 5.32 Å². The van der Waals surface area contributed by atoms with Crippen molar-refractivity contribution in [2.24, 2.45) is 5.73 Å². The molecule has 0 aromatic heterocycles. The Morgan fingerprint density at radius 3 is 2.85 bits per heavy atom. The van der Waals surface area contributed by atoms with Crippen molar-refractivity contribution in [1.29, 1.82) is 0 Å². The van der Waals surface area contributed by atoms with E-state index in [0.717, 1.165) is 11.1 Å². The molecule has 2 unspecified atom stereocenters. The minimum absolute atomic E-state index is 0.173. The quantitative estimate of drug-likeness (QED) is 0.572. The normalized spacial score (nSPS) is 21.2. The second-order valence-electron chi connectivity index (χ2n) is 6.98. The number of nitrogens with two attached hydrogens (primary N) is 1. The van der Waals surface area contributed by atoms with E-state index in [0.29, 0.717) is 31.6 Å². The van der Waals surface area contributed by atoms with Gasteiger partial charge in [0.05, 0.1) is 6.10 Å². The molecule has 8 heteroatoms. The Kier molecular flexibility index (Phi) is 5.36. The van der Waals surface area contributed by atoms with Crippen LogP contribution in [0.25, 0.3) is 0 Å². The zero-order valence-electron chi connectivity index (χ0n) is 14.8. The summed E-state index contributed by atoms with van der Waals surface area (Å²) in [6.45, 7) is 1.67. The Labute approximate surface area is 151 Å². The molecule has 1 aromatic rings. The lowest BCUT2D eigenvalue weighted by Gasteiger charge is -2.29. The molecule has 0 bridgehead atoms. The third kappa shape index (κ3) is 3.77. The van der Waals surface area contributed by atoms with E-state index in [1.54, 1.807) is 6.07 Å². The van der Waals surface area contributed by atoms with Crippen LogP contribution in [0.5, 0.6) is 0 Å². The molecule has 2 heterocycles. The van der Waals surface area contributed by atoms with Crippen LogP contribution in [0.2, 0.25) is 0 Å². The molecule has 3 amide bonds. The Bertz CT molecular complexity index is 736. The van der Waals surface area contributed by atoms with Crippen LogP contribution in [0, 0.1) is 0 Å². The molecule has 2 atom stereocenters. The zero-order valence-corrected chi connectivity index (χ0v) is 14.8. The van der Waals surface area contributed by atoms with Gasteiger partial charge in [0.15, 0.2) is 0 Å². The predicted molar refractivity (Wildman–Crippen MR) is 93.9 cm³/mol. The third-order valence-corrected chi connectivity index (χ3v) is 4.83. The van der Waals surface area contributed by atoms with E-state index in [-0.39, 0.29) is 24.8 Å². The molecule has 1 saturated heterocycles. The molecule has 26 heavy (non-hydrogen) atoms. The van der Waals surface area contributed by atoms with Gasteiger partial charge in [-0.2, -0.15) is 0 Å². The predicted octanol–water partition coefficient (Wildman–Crippen LogP) is -0.801. The van der Waals surface area contributed by atoms with Gasteiger partial charge in [0, 0.05) is 38.2 Å². The second kappa shape index (κ2) is 7.53. The number of amides is 3. The number of fused-ring (bicyclic) bond motifs is 1. The minimum atomic E-state index is -0.599. The van der Waals surface area contributed by atoms with Crippen LogP contribution in [-0.2, 0) is 22.7 Å². The number of carbonyl (C=O) groups is 3. The standard InChI is InChI=1S/C18H24N4O4/c1-21(10-13(23)7-19)8-11-2-3-14-12(6-11)9-22(18(14)26)15-4-5-16(24)20-17(15)25/h2-3,6,13,15,23H,4-5,7-10,19H2,1H3,(H,20,24,25). The summed E-state index contributed by atoms with van der Waals surface area (Å²) in [5, 5.41) is 11.9. The summed E-state index contributed by atoms with van der Waals surface area (Å²) >= 11 is 0. The molecule has 8 nitrogen and oxygen atoms in total. The second-order valence-corrected chi connectivity index (χ2v) is 6.98. The first kappa shape index (κ1) is 18.5. The smallest absolute Gasteiger partial charge is 0.255 e. The van der Waals surface area contributed by atoms with Gasteiger partial charge in [-0.3, -0.25) is 24.6 Å². The molecule has 1 fully saturated rings. The van der Waals surface area contributed by atoms with Crippen molar-refractivity contribution < 1.29 is 19.5 Å². The minimum Gasteiger partial charge on any atom is -0.390 e. The van der Waals surface area contributed by atoms with Crippen molar-refractivity contribution in [2.45, 2.75) is 38.1 Å². The van der Waals surface area contributed by atoms with Gasteiger partial charge in [-0.05, 0) is 30.7 Å². The molecule has 140 valence electrons. The average Bonchev–Trinajstić information content (AvgIpc) is 2.90. The Morgan fingerprint density at radius 2 is 2.15 bits per heavy atom. The molecule has 0 spiro atoms. The zero-order chi connectivity index (χ0) is 18.8. The van der Waals surface area contributed by atoms with Gasteiger partial charge in [-0.1, -0.05) is 12.1 Å². The van der Waals surface area contributed by atoms with Crippen LogP contribution in [0.4, 0.5) is 0 Å². The van der Waals surface area contributed by atoms with Gasteiger partial charge in [0.1, 0.15) is 6.04 Å². The highest BCUT2D eigenvalue weighted by Gasteiger charge is 2.39. The number of nitrogens with zero attached hydrogens (tertiary/aromatic N) is 2. The first-order chi connectivity index (χ1) is 12.4. The van der Waals surface area contributed by atoms with E-state index in [4.69, 9.17) is 5.73 Å². The van der Waals surface area contributed by atoms with E-state index >= 15 is 0 Å². The number of piperidine rings is 1. The molecule has 2 aliphatic rings. The number of aliphatic hydroxyl groups is 1. The number of hydrogen-bond acceptors (Lipinski definition) is 6. The maximum atomic E-state index is 12.6. The van der Waals surface area contributed by atoms with E-state index in [9.17, 15) is 19.5 Å². The molecular weight excluding hydrogens is 336 g/mol. The monoisotopic (exact) mass is 360 g/mol. The van der Waals surface area contributed by atoms with Crippen LogP contribution in [0.15, 0.2) is 18.2 Å². The van der Waals surface area contributed by atoms with Gasteiger partial charge in [-0.15, -0.1) is 0 Å². The van der Waals surface area contributed by atoms with Crippen molar-refractivity contribution in [3.63, 3.8) is 0 Å². The maximum absolute atomic E-state index is 12.6. The number of likely N-dealkylation sites (N-methyl/N-ethyl adjacent to an activating group) is 1. The van der Waals surface area contributed by atoms with Crippen molar-refractivity contribution in [3.8, 4) is 0 Å². The van der Waals surface area contributed by atoms with Crippen LogP contribution in [0.3, 0.4) is 0 Å². The molecule has 0 saturated carbocycles. The Balaban J connectivity index is 1.70. The third-order valence-electron chi connectivity index (χ3n) is 4.83. The highest BCUT2D eigenvalue weighted by molar-refractivity contribution is 6.05. The highest BCUT2D eigenvalue weighted by Crippen LogP contribution is 2.28. The summed E-state index contributed by atoms with van der Waals surface area (Å²) in [4.78, 5) is 39.5. The number of carbonyl (C=O) groups excluding carboxylic acids is 3. The van der Waals surface area contributed by atoms with Gasteiger partial charge >= 0.3 is 0 Å². The topological polar surface area (TPSA) is 116 Å². The van der Waals surface area contributed by atoms with Gasteiger partial charge in [0.25, 0.3) is 5.91 Å². The molecule has 3 rings (SSSR count). The summed E-state index contributed by atoms with van der Waals surface area (Å²) in [7, 11) is 1.90. The molecule has 4 N–H and O–H groups in total. The molecular formula is C18H24N4O4. The summed E-state index contributed by atoms with van der Waals surface area (Å²) in [5.41, 5.74) is 7.94. The van der Waals surface area contributed by atoms with Crippen molar-refractivity contribution >= 4 is 17.7 Å². The van der Waals surface area contributed by atoms with Crippen LogP contribution in [-0.4, -0.2) is 64.9 Å². The van der Waals surface area contributed by atoms with Crippen LogP contribution >= 0.6 is 0 Å². The lowest BCUT2D eigenvalue weighted by Crippen LogP contribution is -2.52. The average molecular weight is 360 g/mol. The van der Waals surface area contributed by atoms with Crippen molar-refractivity contribution in [3.05, 3.63) is 34.9 Å². The van der Waals surface area contributed by atoms with Crippen molar-refractivity contribution in [1.82, 2.24) is 15.1 Å². The Morgan fingerprint density at radius 1 is 1.38 bits per heavy atom. The SMILES string of the molecule is CN(Cc1ccc2c(c1)CN(C1CCC(=O)NC1=O)C2=O)CC(O)CN. The number of benzene rings is 1.